The Morgan fingerprint density at radius 3 is 2.70 bits per heavy atom. The van der Waals surface area contributed by atoms with E-state index in [4.69, 9.17) is 14.9 Å². The quantitative estimate of drug-likeness (QED) is 0.345. The molecule has 0 saturated carbocycles. The van der Waals surface area contributed by atoms with E-state index in [0.29, 0.717) is 16.8 Å². The number of rotatable bonds is 10. The lowest BCUT2D eigenvalue weighted by atomic mass is 10.1. The Kier molecular flexibility index (Phi) is 8.66. The SMILES string of the molecule is C=C(N=C/C=C\C)N[C@H](C)CNC(=O)c1nc(-c2ccc(OC)c3nc(C(F)(F)F)ccc23)oc1CN. The highest BCUT2D eigenvalue weighted by atomic mass is 19.4. The number of nitrogens with one attached hydrogen (secondary N) is 2. The number of aromatic nitrogens is 2. The standard InChI is InChI=1S/C25H27F3N6O3/c1-5-6-11-30-15(3)32-14(2)13-31-23(35)22-19(12-29)37-24(34-22)17-7-9-18(36-4)21-16(17)8-10-20(33-21)25(26,27)28/h5-11,14,32H,3,12-13,29H2,1-2,4H3,(H,31,35)/b6-5-,30-11?/t14-/m1/s1. The molecular weight excluding hydrogens is 489 g/mol. The Labute approximate surface area is 211 Å². The van der Waals surface area contributed by atoms with Gasteiger partial charge in [0.2, 0.25) is 5.89 Å². The number of nitrogens with two attached hydrogens (primary N) is 1. The summed E-state index contributed by atoms with van der Waals surface area (Å²) in [6.45, 7) is 7.59. The number of fused-ring (bicyclic) bond motifs is 1. The molecule has 196 valence electrons. The first-order chi connectivity index (χ1) is 17.6. The second-order valence-electron chi connectivity index (χ2n) is 7.91. The Morgan fingerprint density at radius 2 is 2.05 bits per heavy atom. The van der Waals surface area contributed by atoms with Crippen molar-refractivity contribution in [1.82, 2.24) is 20.6 Å². The van der Waals surface area contributed by atoms with Gasteiger partial charge in [0, 0.05) is 29.8 Å². The van der Waals surface area contributed by atoms with Gasteiger partial charge in [-0.2, -0.15) is 13.2 Å². The number of amides is 1. The van der Waals surface area contributed by atoms with Crippen LogP contribution < -0.4 is 21.1 Å². The van der Waals surface area contributed by atoms with Gasteiger partial charge in [-0.1, -0.05) is 12.7 Å². The van der Waals surface area contributed by atoms with Crippen molar-refractivity contribution in [3.63, 3.8) is 0 Å². The van der Waals surface area contributed by atoms with Crippen LogP contribution in [0.2, 0.25) is 0 Å². The minimum atomic E-state index is -4.63. The number of nitrogens with zero attached hydrogens (tertiary/aromatic N) is 3. The average Bonchev–Trinajstić information content (AvgIpc) is 3.30. The van der Waals surface area contributed by atoms with Crippen LogP contribution in [0.5, 0.6) is 5.75 Å². The second-order valence-corrected chi connectivity index (χ2v) is 7.91. The summed E-state index contributed by atoms with van der Waals surface area (Å²) in [4.78, 5) is 25.0. The third-order valence-electron chi connectivity index (χ3n) is 5.15. The van der Waals surface area contributed by atoms with Crippen molar-refractivity contribution in [2.45, 2.75) is 32.6 Å². The average molecular weight is 517 g/mol. The number of alkyl halides is 3. The van der Waals surface area contributed by atoms with Crippen LogP contribution in [0, 0.1) is 0 Å². The Morgan fingerprint density at radius 1 is 1.30 bits per heavy atom. The fourth-order valence-electron chi connectivity index (χ4n) is 3.41. The molecule has 0 fully saturated rings. The highest BCUT2D eigenvalue weighted by Gasteiger charge is 2.33. The molecular formula is C25H27F3N6O3. The van der Waals surface area contributed by atoms with E-state index in [1.807, 2.05) is 19.9 Å². The smallest absolute Gasteiger partial charge is 0.433 e. The number of pyridine rings is 1. The first kappa shape index (κ1) is 27.4. The number of oxazole rings is 1. The van der Waals surface area contributed by atoms with Crippen LogP contribution in [-0.2, 0) is 12.7 Å². The molecule has 12 heteroatoms. The molecule has 37 heavy (non-hydrogen) atoms. The number of allylic oxidation sites excluding steroid dienone is 2. The molecule has 2 heterocycles. The highest BCUT2D eigenvalue weighted by Crippen LogP contribution is 2.36. The van der Waals surface area contributed by atoms with Crippen LogP contribution in [0.4, 0.5) is 13.2 Å². The maximum Gasteiger partial charge on any atom is 0.433 e. The van der Waals surface area contributed by atoms with Crippen molar-refractivity contribution in [3.8, 4) is 17.2 Å². The number of hydrogen-bond donors (Lipinski definition) is 3. The first-order valence-electron chi connectivity index (χ1n) is 11.2. The summed E-state index contributed by atoms with van der Waals surface area (Å²) in [6.07, 6.45) is 0.542. The lowest BCUT2D eigenvalue weighted by Crippen LogP contribution is -2.38. The molecule has 0 aliphatic rings. The zero-order chi connectivity index (χ0) is 27.2. The number of hydrogen-bond acceptors (Lipinski definition) is 8. The summed E-state index contributed by atoms with van der Waals surface area (Å²) in [6, 6.07) is 4.93. The van der Waals surface area contributed by atoms with Gasteiger partial charge in [-0.15, -0.1) is 0 Å². The molecule has 1 amide bonds. The molecule has 4 N–H and O–H groups in total. The van der Waals surface area contributed by atoms with Crippen molar-refractivity contribution >= 4 is 23.0 Å². The van der Waals surface area contributed by atoms with E-state index in [9.17, 15) is 18.0 Å². The van der Waals surface area contributed by atoms with Gasteiger partial charge in [-0.05, 0) is 44.2 Å². The van der Waals surface area contributed by atoms with Crippen LogP contribution in [-0.4, -0.2) is 41.8 Å². The molecule has 0 spiro atoms. The van der Waals surface area contributed by atoms with Gasteiger partial charge in [0.25, 0.3) is 5.91 Å². The third-order valence-corrected chi connectivity index (χ3v) is 5.15. The number of carbonyl (C=O) groups is 1. The fourth-order valence-corrected chi connectivity index (χ4v) is 3.41. The van der Waals surface area contributed by atoms with E-state index >= 15 is 0 Å². The van der Waals surface area contributed by atoms with Crippen LogP contribution in [0.25, 0.3) is 22.4 Å². The van der Waals surface area contributed by atoms with Crippen LogP contribution >= 0.6 is 0 Å². The Hall–Kier alpha value is -4.19. The Bertz CT molecular complexity index is 1350. The number of benzene rings is 1. The number of methoxy groups -OCH3 is 1. The van der Waals surface area contributed by atoms with Gasteiger partial charge in [0.05, 0.1) is 13.7 Å². The van der Waals surface area contributed by atoms with Crippen LogP contribution in [0.15, 0.2) is 58.2 Å². The highest BCUT2D eigenvalue weighted by molar-refractivity contribution is 5.98. The monoisotopic (exact) mass is 516 g/mol. The largest absolute Gasteiger partial charge is 0.494 e. The predicted molar refractivity (Wildman–Crippen MR) is 134 cm³/mol. The van der Waals surface area contributed by atoms with Crippen molar-refractivity contribution in [2.24, 2.45) is 10.7 Å². The van der Waals surface area contributed by atoms with E-state index < -0.39 is 17.8 Å². The minimum absolute atomic E-state index is 0.0117. The Balaban J connectivity index is 1.86. The second kappa shape index (κ2) is 11.7. The van der Waals surface area contributed by atoms with Crippen molar-refractivity contribution in [2.75, 3.05) is 13.7 Å². The molecule has 1 atom stereocenters. The van der Waals surface area contributed by atoms with Crippen molar-refractivity contribution < 1.29 is 27.1 Å². The van der Waals surface area contributed by atoms with Gasteiger partial charge in [0.15, 0.2) is 11.5 Å². The minimum Gasteiger partial charge on any atom is -0.494 e. The summed E-state index contributed by atoms with van der Waals surface area (Å²) in [5.74, 6) is 0.184. The third kappa shape index (κ3) is 6.53. The normalized spacial score (nSPS) is 12.8. The van der Waals surface area contributed by atoms with Gasteiger partial charge >= 0.3 is 6.18 Å². The summed E-state index contributed by atoms with van der Waals surface area (Å²) in [5, 5.41) is 6.09. The van der Waals surface area contributed by atoms with E-state index in [1.165, 1.54) is 19.2 Å². The molecule has 1 aromatic carbocycles. The number of halogens is 3. The summed E-state index contributed by atoms with van der Waals surface area (Å²) in [7, 11) is 1.33. The molecule has 3 aromatic rings. The molecule has 0 radical (unpaired) electrons. The molecule has 0 unspecified atom stereocenters. The molecule has 9 nitrogen and oxygen atoms in total. The van der Waals surface area contributed by atoms with Gasteiger partial charge in [0.1, 0.15) is 22.8 Å². The molecule has 3 rings (SSSR count). The fraction of sp³-hybridized carbons (Fsp3) is 0.280. The topological polar surface area (TPSA) is 128 Å². The van der Waals surface area contributed by atoms with E-state index in [0.717, 1.165) is 6.07 Å². The van der Waals surface area contributed by atoms with E-state index in [-0.39, 0.29) is 47.7 Å². The lowest BCUT2D eigenvalue weighted by molar-refractivity contribution is -0.140. The number of aliphatic imine (C=N–C) groups is 1. The van der Waals surface area contributed by atoms with E-state index in [1.54, 1.807) is 18.4 Å². The van der Waals surface area contributed by atoms with Crippen molar-refractivity contribution in [3.05, 3.63) is 66.0 Å². The number of carbonyl (C=O) groups excluding carboxylic acids is 1. The summed E-state index contributed by atoms with van der Waals surface area (Å²) >= 11 is 0. The van der Waals surface area contributed by atoms with Crippen LogP contribution in [0.1, 0.15) is 35.8 Å². The van der Waals surface area contributed by atoms with Crippen molar-refractivity contribution in [1.29, 1.82) is 0 Å². The maximum absolute atomic E-state index is 13.2. The van der Waals surface area contributed by atoms with E-state index in [2.05, 4.69) is 32.2 Å². The molecule has 2 aromatic heterocycles. The van der Waals surface area contributed by atoms with Gasteiger partial charge in [-0.3, -0.25) is 4.79 Å². The molecule has 0 bridgehead atoms. The zero-order valence-corrected chi connectivity index (χ0v) is 20.5. The van der Waals surface area contributed by atoms with Gasteiger partial charge in [-0.25, -0.2) is 15.0 Å². The lowest BCUT2D eigenvalue weighted by Gasteiger charge is -2.15. The van der Waals surface area contributed by atoms with Crippen LogP contribution in [0.3, 0.4) is 0 Å². The first-order valence-corrected chi connectivity index (χ1v) is 11.2. The zero-order valence-electron chi connectivity index (χ0n) is 20.5. The van der Waals surface area contributed by atoms with Gasteiger partial charge < -0.3 is 25.5 Å². The number of ether oxygens (including phenoxy) is 1. The predicted octanol–water partition coefficient (Wildman–Crippen LogP) is 4.20. The molecule has 0 aliphatic carbocycles. The molecule has 0 saturated heterocycles. The maximum atomic E-state index is 13.2. The summed E-state index contributed by atoms with van der Waals surface area (Å²) < 4.78 is 50.6. The molecule has 0 aliphatic heterocycles. The summed E-state index contributed by atoms with van der Waals surface area (Å²) in [5.41, 5.74) is 4.98.